The van der Waals surface area contributed by atoms with Crippen LogP contribution >= 0.6 is 11.3 Å². The van der Waals surface area contributed by atoms with E-state index in [0.717, 1.165) is 17.0 Å². The Hall–Kier alpha value is -3.26. The van der Waals surface area contributed by atoms with Crippen molar-refractivity contribution in [3.05, 3.63) is 47.8 Å². The molecular weight excluding hydrogens is 380 g/mol. The Labute approximate surface area is 164 Å². The molecule has 0 aliphatic carbocycles. The number of carbonyl (C=O) groups excluding carboxylic acids is 1. The summed E-state index contributed by atoms with van der Waals surface area (Å²) in [5.74, 6) is 2.34. The first kappa shape index (κ1) is 16.9. The zero-order valence-corrected chi connectivity index (χ0v) is 15.5. The van der Waals surface area contributed by atoms with Crippen LogP contribution in [0.25, 0.3) is 11.3 Å². The van der Waals surface area contributed by atoms with Crippen LogP contribution in [-0.2, 0) is 4.79 Å². The van der Waals surface area contributed by atoms with Crippen LogP contribution in [0.15, 0.2) is 47.8 Å². The number of hydrogen-bond donors (Lipinski definition) is 1. The Morgan fingerprint density at radius 1 is 1.00 bits per heavy atom. The molecule has 3 aromatic rings. The van der Waals surface area contributed by atoms with Crippen molar-refractivity contribution in [2.75, 3.05) is 25.1 Å². The predicted molar refractivity (Wildman–Crippen MR) is 104 cm³/mol. The lowest BCUT2D eigenvalue weighted by molar-refractivity contribution is -0.125. The summed E-state index contributed by atoms with van der Waals surface area (Å²) in [6.07, 6.45) is -0.725. The average Bonchev–Trinajstić information content (AvgIpc) is 3.21. The number of rotatable bonds is 3. The fourth-order valence-electron chi connectivity index (χ4n) is 3.00. The van der Waals surface area contributed by atoms with E-state index in [1.165, 1.54) is 11.3 Å². The number of para-hydroxylation sites is 2. The molecule has 8 heteroatoms. The van der Waals surface area contributed by atoms with E-state index in [1.807, 2.05) is 41.8 Å². The highest BCUT2D eigenvalue weighted by Gasteiger charge is 2.28. The van der Waals surface area contributed by atoms with Crippen molar-refractivity contribution in [1.82, 2.24) is 4.98 Å². The molecule has 7 nitrogen and oxygen atoms in total. The van der Waals surface area contributed by atoms with Crippen molar-refractivity contribution in [3.8, 4) is 34.3 Å². The van der Waals surface area contributed by atoms with E-state index >= 15 is 0 Å². The third-order valence-corrected chi connectivity index (χ3v) is 5.13. The van der Waals surface area contributed by atoms with Crippen LogP contribution in [-0.4, -0.2) is 36.8 Å². The van der Waals surface area contributed by atoms with Gasteiger partial charge in [0.15, 0.2) is 28.1 Å². The summed E-state index contributed by atoms with van der Waals surface area (Å²) in [4.78, 5) is 17.0. The Balaban J connectivity index is 1.29. The molecule has 5 rings (SSSR count). The van der Waals surface area contributed by atoms with Gasteiger partial charge in [-0.25, -0.2) is 4.98 Å². The minimum Gasteiger partial charge on any atom is -0.486 e. The van der Waals surface area contributed by atoms with Gasteiger partial charge in [0.1, 0.15) is 19.8 Å². The predicted octanol–water partition coefficient (Wildman–Crippen LogP) is 3.36. The van der Waals surface area contributed by atoms with Gasteiger partial charge < -0.3 is 18.9 Å². The Kier molecular flexibility index (Phi) is 4.25. The quantitative estimate of drug-likeness (QED) is 0.731. The van der Waals surface area contributed by atoms with Gasteiger partial charge in [0.2, 0.25) is 6.10 Å². The molecular formula is C20H16N2O5S. The number of ether oxygens (including phenoxy) is 4. The molecule has 28 heavy (non-hydrogen) atoms. The number of nitrogens with zero attached hydrogens (tertiary/aromatic N) is 1. The van der Waals surface area contributed by atoms with Crippen molar-refractivity contribution in [2.45, 2.75) is 6.10 Å². The Morgan fingerprint density at radius 3 is 2.68 bits per heavy atom. The normalized spacial score (nSPS) is 17.1. The molecule has 2 aliphatic rings. The summed E-state index contributed by atoms with van der Waals surface area (Å²) in [7, 11) is 0. The van der Waals surface area contributed by atoms with E-state index in [9.17, 15) is 4.79 Å². The molecule has 1 amide bonds. The lowest BCUT2D eigenvalue weighted by Gasteiger charge is -2.25. The van der Waals surface area contributed by atoms with Crippen LogP contribution in [0.3, 0.4) is 0 Å². The monoisotopic (exact) mass is 396 g/mol. The molecule has 2 aliphatic heterocycles. The van der Waals surface area contributed by atoms with Crippen molar-refractivity contribution >= 4 is 22.4 Å². The third kappa shape index (κ3) is 3.22. The van der Waals surface area contributed by atoms with Crippen molar-refractivity contribution in [3.63, 3.8) is 0 Å². The summed E-state index contributed by atoms with van der Waals surface area (Å²) in [5, 5.41) is 5.18. The maximum atomic E-state index is 12.5. The maximum Gasteiger partial charge on any atom is 0.270 e. The molecule has 0 unspecified atom stereocenters. The highest BCUT2D eigenvalue weighted by atomic mass is 32.1. The summed E-state index contributed by atoms with van der Waals surface area (Å²) in [6.45, 7) is 1.24. The summed E-state index contributed by atoms with van der Waals surface area (Å²) in [6, 6.07) is 13.0. The molecule has 0 spiro atoms. The zero-order valence-electron chi connectivity index (χ0n) is 14.7. The van der Waals surface area contributed by atoms with Gasteiger partial charge in [0.25, 0.3) is 5.91 Å². The van der Waals surface area contributed by atoms with Gasteiger partial charge >= 0.3 is 0 Å². The van der Waals surface area contributed by atoms with Crippen LogP contribution in [0.5, 0.6) is 23.0 Å². The molecule has 1 atom stereocenters. The highest BCUT2D eigenvalue weighted by Crippen LogP contribution is 2.35. The lowest BCUT2D eigenvalue weighted by atomic mass is 10.1. The fraction of sp³-hybridized carbons (Fsp3) is 0.200. The minimum atomic E-state index is -0.725. The molecule has 0 radical (unpaired) electrons. The molecule has 0 bridgehead atoms. The number of amides is 1. The summed E-state index contributed by atoms with van der Waals surface area (Å²) in [5.41, 5.74) is 1.65. The molecule has 1 aromatic heterocycles. The number of aromatic nitrogens is 1. The molecule has 1 N–H and O–H groups in total. The first-order valence-corrected chi connectivity index (χ1v) is 9.69. The molecule has 0 saturated heterocycles. The van der Waals surface area contributed by atoms with Gasteiger partial charge in [-0.1, -0.05) is 12.1 Å². The average molecular weight is 396 g/mol. The van der Waals surface area contributed by atoms with Crippen LogP contribution in [0.4, 0.5) is 5.13 Å². The number of thiazole rings is 1. The number of hydrogen-bond acceptors (Lipinski definition) is 7. The molecule has 2 aromatic carbocycles. The second kappa shape index (κ2) is 7.05. The lowest BCUT2D eigenvalue weighted by Crippen LogP contribution is -2.40. The van der Waals surface area contributed by atoms with Crippen molar-refractivity contribution in [1.29, 1.82) is 0 Å². The Morgan fingerprint density at radius 2 is 1.79 bits per heavy atom. The Bertz CT molecular complexity index is 1030. The largest absolute Gasteiger partial charge is 0.486 e. The number of nitrogens with one attached hydrogen (secondary N) is 1. The van der Waals surface area contributed by atoms with E-state index in [0.29, 0.717) is 35.6 Å². The first-order chi connectivity index (χ1) is 13.8. The smallest absolute Gasteiger partial charge is 0.270 e. The molecule has 142 valence electrons. The highest BCUT2D eigenvalue weighted by molar-refractivity contribution is 7.14. The van der Waals surface area contributed by atoms with Gasteiger partial charge in [-0.2, -0.15) is 0 Å². The van der Waals surface area contributed by atoms with Crippen LogP contribution in [0.2, 0.25) is 0 Å². The number of anilines is 1. The number of fused-ring (bicyclic) bond motifs is 2. The topological polar surface area (TPSA) is 78.9 Å². The van der Waals surface area contributed by atoms with E-state index in [1.54, 1.807) is 6.07 Å². The van der Waals surface area contributed by atoms with Gasteiger partial charge in [0.05, 0.1) is 5.69 Å². The van der Waals surface area contributed by atoms with Crippen molar-refractivity contribution < 1.29 is 23.7 Å². The first-order valence-electron chi connectivity index (χ1n) is 8.81. The molecule has 3 heterocycles. The van der Waals surface area contributed by atoms with E-state index in [2.05, 4.69) is 10.3 Å². The molecule has 0 saturated carbocycles. The fourth-order valence-corrected chi connectivity index (χ4v) is 3.72. The zero-order chi connectivity index (χ0) is 18.9. The third-order valence-electron chi connectivity index (χ3n) is 4.37. The maximum absolute atomic E-state index is 12.5. The standard InChI is InChI=1S/C20H16N2O5S/c23-19(18-10-26-14-3-1-2-4-16(14)27-18)22-20-21-13(11-28-20)12-5-6-15-17(9-12)25-8-7-24-15/h1-6,9,11,18H,7-8,10H2,(H,21,22,23)/t18-/m1/s1. The van der Waals surface area contributed by atoms with E-state index in [4.69, 9.17) is 18.9 Å². The van der Waals surface area contributed by atoms with E-state index < -0.39 is 6.10 Å². The van der Waals surface area contributed by atoms with Crippen LogP contribution in [0.1, 0.15) is 0 Å². The number of carbonyl (C=O) groups is 1. The molecule has 0 fully saturated rings. The second-order valence-corrected chi connectivity index (χ2v) is 7.11. The second-order valence-electron chi connectivity index (χ2n) is 6.25. The van der Waals surface area contributed by atoms with Gasteiger partial charge in [0, 0.05) is 10.9 Å². The minimum absolute atomic E-state index is 0.156. The van der Waals surface area contributed by atoms with Gasteiger partial charge in [-0.3, -0.25) is 10.1 Å². The summed E-state index contributed by atoms with van der Waals surface area (Å²) < 4.78 is 22.5. The van der Waals surface area contributed by atoms with Crippen LogP contribution < -0.4 is 24.3 Å². The van der Waals surface area contributed by atoms with Crippen molar-refractivity contribution in [2.24, 2.45) is 0 Å². The van der Waals surface area contributed by atoms with Gasteiger partial charge in [-0.15, -0.1) is 11.3 Å². The van der Waals surface area contributed by atoms with E-state index in [-0.39, 0.29) is 12.5 Å². The van der Waals surface area contributed by atoms with Crippen LogP contribution in [0, 0.1) is 0 Å². The van der Waals surface area contributed by atoms with Gasteiger partial charge in [-0.05, 0) is 30.3 Å². The number of benzene rings is 2. The SMILES string of the molecule is O=C(Nc1nc(-c2ccc3c(c2)OCCO3)cs1)[C@H]1COc2ccccc2O1. The summed E-state index contributed by atoms with van der Waals surface area (Å²) >= 11 is 1.35.